The molecular weight excluding hydrogens is 579 g/mol. The number of hydrogen-bond donors (Lipinski definition) is 0. The van der Waals surface area contributed by atoms with E-state index in [2.05, 4.69) is 197 Å². The van der Waals surface area contributed by atoms with Gasteiger partial charge in [-0.05, 0) is 91.0 Å². The fraction of sp³-hybridized carbons (Fsp3) is 0.149. The van der Waals surface area contributed by atoms with Crippen LogP contribution < -0.4 is 4.90 Å². The number of benzene rings is 7. The van der Waals surface area contributed by atoms with Gasteiger partial charge in [-0.2, -0.15) is 0 Å². The molecule has 0 fully saturated rings. The Kier molecular flexibility index (Phi) is 7.11. The molecule has 0 saturated heterocycles. The summed E-state index contributed by atoms with van der Waals surface area (Å²) < 4.78 is 0. The van der Waals surface area contributed by atoms with Gasteiger partial charge in [0.1, 0.15) is 0 Å². The van der Waals surface area contributed by atoms with Crippen molar-refractivity contribution in [2.24, 2.45) is 0 Å². The SMILES string of the molecule is CC(C)(C)c1ccc(-c2ccc(N(c3ccc4c(c3)C(C)(C)c3ccccc3-4)c3ccccc3-c3ccccc3)cc2)c2ccccc12. The van der Waals surface area contributed by atoms with E-state index in [1.165, 1.54) is 60.8 Å². The predicted molar refractivity (Wildman–Crippen MR) is 206 cm³/mol. The van der Waals surface area contributed by atoms with Crippen LogP contribution in [0.15, 0.2) is 158 Å². The van der Waals surface area contributed by atoms with Crippen LogP contribution in [0.5, 0.6) is 0 Å². The van der Waals surface area contributed by atoms with Crippen LogP contribution in [0.4, 0.5) is 17.1 Å². The number of para-hydroxylation sites is 1. The highest BCUT2D eigenvalue weighted by atomic mass is 15.1. The predicted octanol–water partition coefficient (Wildman–Crippen LogP) is 13.2. The molecular formula is C47H41N. The van der Waals surface area contributed by atoms with Crippen molar-refractivity contribution in [1.82, 2.24) is 0 Å². The van der Waals surface area contributed by atoms with Crippen LogP contribution in [-0.2, 0) is 10.8 Å². The van der Waals surface area contributed by atoms with Crippen molar-refractivity contribution in [2.45, 2.75) is 45.4 Å². The van der Waals surface area contributed by atoms with Gasteiger partial charge in [0.25, 0.3) is 0 Å². The number of anilines is 3. The van der Waals surface area contributed by atoms with Crippen LogP contribution in [0.3, 0.4) is 0 Å². The van der Waals surface area contributed by atoms with E-state index in [9.17, 15) is 0 Å². The van der Waals surface area contributed by atoms with Gasteiger partial charge >= 0.3 is 0 Å². The van der Waals surface area contributed by atoms with Crippen molar-refractivity contribution < 1.29 is 0 Å². The number of rotatable bonds is 5. The molecule has 0 saturated carbocycles. The fourth-order valence-electron chi connectivity index (χ4n) is 7.78. The summed E-state index contributed by atoms with van der Waals surface area (Å²) in [5.41, 5.74) is 15.1. The Bertz CT molecular complexity index is 2280. The first-order valence-electron chi connectivity index (χ1n) is 17.0. The van der Waals surface area contributed by atoms with Gasteiger partial charge in [-0.25, -0.2) is 0 Å². The molecule has 1 nitrogen and oxygen atoms in total. The molecule has 7 aromatic rings. The molecule has 0 heterocycles. The molecule has 0 radical (unpaired) electrons. The second kappa shape index (κ2) is 11.4. The third kappa shape index (κ3) is 4.93. The van der Waals surface area contributed by atoms with Gasteiger partial charge in [0.15, 0.2) is 0 Å². The summed E-state index contributed by atoms with van der Waals surface area (Å²) in [6, 6.07) is 58.1. The van der Waals surface area contributed by atoms with Crippen molar-refractivity contribution in [2.75, 3.05) is 4.90 Å². The van der Waals surface area contributed by atoms with Crippen molar-refractivity contribution in [3.63, 3.8) is 0 Å². The highest BCUT2D eigenvalue weighted by Crippen LogP contribution is 2.51. The third-order valence-corrected chi connectivity index (χ3v) is 10.2. The molecule has 1 heteroatoms. The van der Waals surface area contributed by atoms with Crippen LogP contribution in [0.25, 0.3) is 44.2 Å². The molecule has 0 spiro atoms. The summed E-state index contributed by atoms with van der Waals surface area (Å²) in [5.74, 6) is 0. The minimum atomic E-state index is -0.0866. The summed E-state index contributed by atoms with van der Waals surface area (Å²) in [6.07, 6.45) is 0. The molecule has 48 heavy (non-hydrogen) atoms. The molecule has 7 aromatic carbocycles. The first kappa shape index (κ1) is 30.0. The molecule has 0 aromatic heterocycles. The van der Waals surface area contributed by atoms with E-state index in [0.29, 0.717) is 0 Å². The van der Waals surface area contributed by atoms with Crippen LogP contribution in [0, 0.1) is 0 Å². The summed E-state index contributed by atoms with van der Waals surface area (Å²) in [5, 5.41) is 2.62. The Hall–Kier alpha value is -5.40. The number of nitrogens with zero attached hydrogens (tertiary/aromatic N) is 1. The van der Waals surface area contributed by atoms with Gasteiger partial charge in [0, 0.05) is 22.4 Å². The summed E-state index contributed by atoms with van der Waals surface area (Å²) in [6.45, 7) is 11.6. The van der Waals surface area contributed by atoms with Gasteiger partial charge in [0.2, 0.25) is 0 Å². The van der Waals surface area contributed by atoms with Gasteiger partial charge in [0.05, 0.1) is 5.69 Å². The topological polar surface area (TPSA) is 3.24 Å². The quantitative estimate of drug-likeness (QED) is 0.185. The normalized spacial score (nSPS) is 13.3. The van der Waals surface area contributed by atoms with Gasteiger partial charge in [-0.15, -0.1) is 0 Å². The minimum Gasteiger partial charge on any atom is -0.310 e. The second-order valence-electron chi connectivity index (χ2n) is 14.6. The molecule has 0 aliphatic heterocycles. The van der Waals surface area contributed by atoms with Crippen molar-refractivity contribution in [3.8, 4) is 33.4 Å². The molecule has 0 atom stereocenters. The van der Waals surface area contributed by atoms with Crippen LogP contribution in [0.2, 0.25) is 0 Å². The van der Waals surface area contributed by atoms with E-state index in [1.807, 2.05) is 0 Å². The Morgan fingerprint density at radius 2 is 1.00 bits per heavy atom. The first-order valence-corrected chi connectivity index (χ1v) is 17.0. The summed E-state index contributed by atoms with van der Waals surface area (Å²) in [7, 11) is 0. The zero-order valence-electron chi connectivity index (χ0n) is 28.5. The monoisotopic (exact) mass is 619 g/mol. The van der Waals surface area contributed by atoms with E-state index in [1.54, 1.807) is 0 Å². The molecule has 0 amide bonds. The smallest absolute Gasteiger partial charge is 0.0540 e. The van der Waals surface area contributed by atoms with Gasteiger partial charge in [-0.1, -0.05) is 162 Å². The maximum atomic E-state index is 2.44. The van der Waals surface area contributed by atoms with Crippen LogP contribution in [0.1, 0.15) is 51.3 Å². The molecule has 0 N–H and O–H groups in total. The largest absolute Gasteiger partial charge is 0.310 e. The number of hydrogen-bond acceptors (Lipinski definition) is 1. The standard InChI is InChI=1S/C47H41N/c1-46(2,3)42-30-29-36(38-18-9-10-19-39(38)42)33-23-25-34(26-24-33)48(45-22-14-12-17-37(45)32-15-7-6-8-16-32)35-27-28-41-40-20-11-13-21-43(40)47(4,5)44(41)31-35/h6-31H,1-5H3. The Morgan fingerprint density at radius 3 is 1.75 bits per heavy atom. The first-order chi connectivity index (χ1) is 23.2. The van der Waals surface area contributed by atoms with Crippen molar-refractivity contribution >= 4 is 27.8 Å². The lowest BCUT2D eigenvalue weighted by Crippen LogP contribution is -2.16. The molecule has 8 rings (SSSR count). The fourth-order valence-corrected chi connectivity index (χ4v) is 7.78. The van der Waals surface area contributed by atoms with E-state index < -0.39 is 0 Å². The zero-order valence-corrected chi connectivity index (χ0v) is 28.5. The third-order valence-electron chi connectivity index (χ3n) is 10.2. The lowest BCUT2D eigenvalue weighted by molar-refractivity contribution is 0.596. The van der Waals surface area contributed by atoms with Gasteiger partial charge < -0.3 is 4.90 Å². The van der Waals surface area contributed by atoms with E-state index in [0.717, 1.165) is 17.1 Å². The Balaban J connectivity index is 1.29. The average molecular weight is 620 g/mol. The lowest BCUT2D eigenvalue weighted by Gasteiger charge is -2.30. The molecule has 1 aliphatic rings. The minimum absolute atomic E-state index is 0.0699. The molecule has 0 bridgehead atoms. The van der Waals surface area contributed by atoms with Crippen molar-refractivity contribution in [3.05, 3.63) is 174 Å². The van der Waals surface area contributed by atoms with E-state index in [-0.39, 0.29) is 10.8 Å². The highest BCUT2D eigenvalue weighted by Gasteiger charge is 2.35. The molecule has 234 valence electrons. The lowest BCUT2D eigenvalue weighted by atomic mass is 9.82. The van der Waals surface area contributed by atoms with Gasteiger partial charge in [-0.3, -0.25) is 0 Å². The van der Waals surface area contributed by atoms with E-state index >= 15 is 0 Å². The van der Waals surface area contributed by atoms with Crippen molar-refractivity contribution in [1.29, 1.82) is 0 Å². The maximum Gasteiger partial charge on any atom is 0.0540 e. The molecule has 1 aliphatic carbocycles. The van der Waals surface area contributed by atoms with Crippen LogP contribution in [-0.4, -0.2) is 0 Å². The van der Waals surface area contributed by atoms with E-state index in [4.69, 9.17) is 0 Å². The van der Waals surface area contributed by atoms with Crippen LogP contribution >= 0.6 is 0 Å². The molecule has 0 unspecified atom stereocenters. The second-order valence-corrected chi connectivity index (χ2v) is 14.6. The maximum absolute atomic E-state index is 2.44. The summed E-state index contributed by atoms with van der Waals surface area (Å²) >= 11 is 0. The highest BCUT2D eigenvalue weighted by molar-refractivity contribution is 5.99. The zero-order chi connectivity index (χ0) is 33.0. The Morgan fingerprint density at radius 1 is 0.438 bits per heavy atom. The number of fused-ring (bicyclic) bond motifs is 4. The summed E-state index contributed by atoms with van der Waals surface area (Å²) in [4.78, 5) is 2.44. The Labute approximate surface area is 285 Å². The average Bonchev–Trinajstić information content (AvgIpc) is 3.34.